The summed E-state index contributed by atoms with van der Waals surface area (Å²) in [6.45, 7) is 0. The summed E-state index contributed by atoms with van der Waals surface area (Å²) in [5, 5.41) is 4.40. The second-order valence-corrected chi connectivity index (χ2v) is 4.77. The van der Waals surface area contributed by atoms with Crippen molar-refractivity contribution in [2.45, 2.75) is 6.10 Å². The third-order valence-electron chi connectivity index (χ3n) is 3.18. The van der Waals surface area contributed by atoms with Crippen LogP contribution in [0.2, 0.25) is 0 Å². The topological polar surface area (TPSA) is 89.4 Å². The van der Waals surface area contributed by atoms with Crippen LogP contribution in [0.1, 0.15) is 22.2 Å². The molecule has 1 aromatic heterocycles. The third kappa shape index (κ3) is 3.97. The molecule has 120 valence electrons. The quantitative estimate of drug-likeness (QED) is 0.834. The van der Waals surface area contributed by atoms with Gasteiger partial charge in [0.15, 0.2) is 0 Å². The van der Waals surface area contributed by atoms with Crippen molar-refractivity contribution >= 4 is 17.9 Å². The fourth-order valence-corrected chi connectivity index (χ4v) is 1.98. The summed E-state index contributed by atoms with van der Waals surface area (Å²) in [6.07, 6.45) is 0.467. The van der Waals surface area contributed by atoms with Gasteiger partial charge in [-0.15, -0.1) is 0 Å². The lowest BCUT2D eigenvalue weighted by Crippen LogP contribution is -2.41. The van der Waals surface area contributed by atoms with Gasteiger partial charge in [-0.05, 0) is 12.1 Å². The van der Waals surface area contributed by atoms with Crippen LogP contribution in [0.3, 0.4) is 0 Å². The van der Waals surface area contributed by atoms with Crippen molar-refractivity contribution in [3.05, 3.63) is 59.9 Å². The summed E-state index contributed by atoms with van der Waals surface area (Å²) in [6, 6.07) is 11.1. The number of nitrogens with zero attached hydrogens (tertiary/aromatic N) is 1. The Bertz CT molecular complexity index is 709. The molecule has 0 saturated carbocycles. The van der Waals surface area contributed by atoms with Gasteiger partial charge in [-0.1, -0.05) is 30.3 Å². The molecule has 7 heteroatoms. The van der Waals surface area contributed by atoms with Crippen LogP contribution in [0.15, 0.2) is 48.7 Å². The Balaban J connectivity index is 2.23. The predicted octanol–water partition coefficient (Wildman–Crippen LogP) is 1.38. The summed E-state index contributed by atoms with van der Waals surface area (Å²) in [5.74, 6) is -1.38. The monoisotopic (exact) mass is 315 g/mol. The fraction of sp³-hybridized carbons (Fsp3) is 0.188. The van der Waals surface area contributed by atoms with E-state index in [1.165, 1.54) is 7.05 Å². The molecule has 0 unspecified atom stereocenters. The molecule has 0 aliphatic rings. The Labute approximate surface area is 133 Å². The number of rotatable bonds is 4. The van der Waals surface area contributed by atoms with Crippen molar-refractivity contribution in [2.75, 3.05) is 7.05 Å². The van der Waals surface area contributed by atoms with Crippen LogP contribution >= 0.6 is 0 Å². The first-order valence-corrected chi connectivity index (χ1v) is 6.92. The van der Waals surface area contributed by atoms with Crippen molar-refractivity contribution < 1.29 is 19.1 Å². The number of urea groups is 1. The fourth-order valence-electron chi connectivity index (χ4n) is 1.98. The van der Waals surface area contributed by atoms with Gasteiger partial charge in [0.05, 0.1) is 0 Å². The Morgan fingerprint density at radius 1 is 1.09 bits per heavy atom. The maximum absolute atomic E-state index is 12.2. The number of ether oxygens (including phenoxy) is 1. The van der Waals surface area contributed by atoms with Crippen LogP contribution in [0.4, 0.5) is 4.79 Å². The van der Waals surface area contributed by atoms with Gasteiger partial charge in [0.25, 0.3) is 5.91 Å². The summed E-state index contributed by atoms with van der Waals surface area (Å²) in [4.78, 5) is 35.8. The van der Waals surface area contributed by atoms with Crippen molar-refractivity contribution in [1.82, 2.24) is 15.2 Å². The first-order valence-electron chi connectivity index (χ1n) is 6.92. The maximum Gasteiger partial charge on any atom is 0.356 e. The Kier molecular flexibility index (Phi) is 5.14. The van der Waals surface area contributed by atoms with Gasteiger partial charge in [0, 0.05) is 25.9 Å². The van der Waals surface area contributed by atoms with Gasteiger partial charge >= 0.3 is 12.0 Å². The van der Waals surface area contributed by atoms with Crippen LogP contribution in [0.5, 0.6) is 0 Å². The van der Waals surface area contributed by atoms with E-state index >= 15 is 0 Å². The maximum atomic E-state index is 12.2. The molecule has 1 aromatic carbocycles. The number of carbonyl (C=O) groups is 3. The smallest absolute Gasteiger partial charge is 0.356 e. The minimum atomic E-state index is -1.23. The number of amides is 3. The van der Waals surface area contributed by atoms with Gasteiger partial charge in [-0.25, -0.2) is 9.59 Å². The van der Waals surface area contributed by atoms with Gasteiger partial charge < -0.3 is 14.6 Å². The average Bonchev–Trinajstić information content (AvgIpc) is 2.99. The SMILES string of the molecule is CNC(=O)NC(=O)[C@@H](OC(=O)c1cccn1C)c1ccccc1. The molecule has 2 aromatic rings. The number of hydrogen-bond acceptors (Lipinski definition) is 4. The van der Waals surface area contributed by atoms with Crippen molar-refractivity contribution in [3.63, 3.8) is 0 Å². The Hall–Kier alpha value is -3.09. The van der Waals surface area contributed by atoms with E-state index in [-0.39, 0.29) is 0 Å². The van der Waals surface area contributed by atoms with Crippen LogP contribution in [-0.4, -0.2) is 29.5 Å². The van der Waals surface area contributed by atoms with E-state index in [0.717, 1.165) is 0 Å². The molecule has 0 spiro atoms. The number of imide groups is 1. The zero-order valence-electron chi connectivity index (χ0n) is 12.8. The van der Waals surface area contributed by atoms with E-state index in [4.69, 9.17) is 4.74 Å². The van der Waals surface area contributed by atoms with Crippen molar-refractivity contribution in [1.29, 1.82) is 0 Å². The molecule has 0 aliphatic heterocycles. The Morgan fingerprint density at radius 2 is 1.78 bits per heavy atom. The van der Waals surface area contributed by atoms with E-state index < -0.39 is 24.0 Å². The lowest BCUT2D eigenvalue weighted by Gasteiger charge is -2.17. The molecule has 23 heavy (non-hydrogen) atoms. The minimum absolute atomic E-state index is 0.304. The molecular weight excluding hydrogens is 298 g/mol. The largest absolute Gasteiger partial charge is 0.443 e. The van der Waals surface area contributed by atoms with E-state index in [1.54, 1.807) is 60.3 Å². The van der Waals surface area contributed by atoms with E-state index in [1.807, 2.05) is 0 Å². The van der Waals surface area contributed by atoms with Crippen LogP contribution in [-0.2, 0) is 16.6 Å². The average molecular weight is 315 g/mol. The highest BCUT2D eigenvalue weighted by Crippen LogP contribution is 2.19. The number of nitrogens with one attached hydrogen (secondary N) is 2. The Morgan fingerprint density at radius 3 is 2.35 bits per heavy atom. The molecule has 0 aliphatic carbocycles. The zero-order chi connectivity index (χ0) is 16.8. The lowest BCUT2D eigenvalue weighted by molar-refractivity contribution is -0.129. The van der Waals surface area contributed by atoms with Crippen molar-refractivity contribution in [2.24, 2.45) is 7.05 Å². The van der Waals surface area contributed by atoms with E-state index in [0.29, 0.717) is 11.3 Å². The van der Waals surface area contributed by atoms with Crippen LogP contribution in [0.25, 0.3) is 0 Å². The second kappa shape index (κ2) is 7.26. The van der Waals surface area contributed by atoms with Gasteiger partial charge in [-0.3, -0.25) is 10.1 Å². The lowest BCUT2D eigenvalue weighted by atomic mass is 10.1. The van der Waals surface area contributed by atoms with E-state index in [2.05, 4.69) is 10.6 Å². The molecule has 1 atom stereocenters. The molecule has 1 heterocycles. The first kappa shape index (κ1) is 16.3. The molecule has 0 saturated heterocycles. The van der Waals surface area contributed by atoms with Gasteiger partial charge in [0.1, 0.15) is 5.69 Å². The summed E-state index contributed by atoms with van der Waals surface area (Å²) < 4.78 is 6.90. The number of aryl methyl sites for hydroxylation is 1. The zero-order valence-corrected chi connectivity index (χ0v) is 12.8. The summed E-state index contributed by atoms with van der Waals surface area (Å²) in [7, 11) is 3.08. The molecule has 2 rings (SSSR count). The number of benzene rings is 1. The van der Waals surface area contributed by atoms with Gasteiger partial charge in [-0.2, -0.15) is 0 Å². The number of esters is 1. The third-order valence-corrected chi connectivity index (χ3v) is 3.18. The highest BCUT2D eigenvalue weighted by Gasteiger charge is 2.27. The first-order chi connectivity index (χ1) is 11.0. The molecule has 7 nitrogen and oxygen atoms in total. The molecular formula is C16H17N3O4. The van der Waals surface area contributed by atoms with Crippen LogP contribution < -0.4 is 10.6 Å². The van der Waals surface area contributed by atoms with Gasteiger partial charge in [0.2, 0.25) is 6.10 Å². The molecule has 3 amide bonds. The highest BCUT2D eigenvalue weighted by atomic mass is 16.5. The standard InChI is InChI=1S/C16H17N3O4/c1-17-16(22)18-14(20)13(11-7-4-3-5-8-11)23-15(21)12-9-6-10-19(12)2/h3-10,13H,1-2H3,(H2,17,18,20,22)/t13-/m0/s1. The van der Waals surface area contributed by atoms with E-state index in [9.17, 15) is 14.4 Å². The number of hydrogen-bond donors (Lipinski definition) is 2. The molecule has 0 radical (unpaired) electrons. The molecule has 2 N–H and O–H groups in total. The molecule has 0 bridgehead atoms. The predicted molar refractivity (Wildman–Crippen MR) is 82.6 cm³/mol. The number of aromatic nitrogens is 1. The number of carbonyl (C=O) groups excluding carboxylic acids is 3. The summed E-state index contributed by atoms with van der Waals surface area (Å²) >= 11 is 0. The normalized spacial score (nSPS) is 11.4. The minimum Gasteiger partial charge on any atom is -0.443 e. The van der Waals surface area contributed by atoms with Crippen LogP contribution in [0, 0.1) is 0 Å². The molecule has 0 fully saturated rings. The second-order valence-electron chi connectivity index (χ2n) is 4.77. The highest BCUT2D eigenvalue weighted by molar-refractivity contribution is 5.98. The summed E-state index contributed by atoms with van der Waals surface area (Å²) in [5.41, 5.74) is 0.773. The van der Waals surface area contributed by atoms with Crippen molar-refractivity contribution in [3.8, 4) is 0 Å².